The molecule has 4 rings (SSSR count). The van der Waals surface area contributed by atoms with Gasteiger partial charge in [-0.2, -0.15) is 0 Å². The normalized spacial score (nSPS) is 41.4. The molecule has 22 heavy (non-hydrogen) atoms. The number of hydrogen-bond acceptors (Lipinski definition) is 2. The van der Waals surface area contributed by atoms with E-state index in [1.54, 1.807) is 11.1 Å². The molecule has 2 nitrogen and oxygen atoms in total. The Bertz CT molecular complexity index is 569. The Labute approximate surface area is 135 Å². The third-order valence-corrected chi connectivity index (χ3v) is 7.50. The molecule has 0 radical (unpaired) electrons. The molecule has 0 aromatic heterocycles. The molecule has 2 aliphatic carbocycles. The van der Waals surface area contributed by atoms with E-state index >= 15 is 0 Å². The van der Waals surface area contributed by atoms with Crippen molar-refractivity contribution in [3.05, 3.63) is 35.4 Å². The lowest BCUT2D eigenvalue weighted by Gasteiger charge is -2.60. The number of nitrogens with one attached hydrogen (secondary N) is 1. The maximum Gasteiger partial charge on any atom is 0.0218 e. The highest BCUT2D eigenvalue weighted by atomic mass is 15.2. The van der Waals surface area contributed by atoms with E-state index in [0.717, 1.165) is 5.92 Å². The molecule has 3 aliphatic rings. The van der Waals surface area contributed by atoms with Crippen molar-refractivity contribution in [3.8, 4) is 0 Å². The van der Waals surface area contributed by atoms with Crippen molar-refractivity contribution in [1.29, 1.82) is 0 Å². The minimum Gasteiger partial charge on any atom is -0.317 e. The first-order valence-electron chi connectivity index (χ1n) is 9.07. The Morgan fingerprint density at radius 3 is 2.82 bits per heavy atom. The first-order chi connectivity index (χ1) is 10.6. The first-order valence-corrected chi connectivity index (χ1v) is 9.07. The van der Waals surface area contributed by atoms with Crippen LogP contribution in [0.15, 0.2) is 24.3 Å². The molecule has 4 atom stereocenters. The van der Waals surface area contributed by atoms with Gasteiger partial charge in [-0.1, -0.05) is 24.3 Å². The lowest BCUT2D eigenvalue weighted by molar-refractivity contribution is -0.0559. The van der Waals surface area contributed by atoms with Crippen molar-refractivity contribution in [2.75, 3.05) is 20.6 Å². The van der Waals surface area contributed by atoms with Crippen LogP contribution in [0.5, 0.6) is 0 Å². The van der Waals surface area contributed by atoms with Gasteiger partial charge < -0.3 is 10.2 Å². The molecule has 1 aromatic rings. The molecule has 120 valence electrons. The molecule has 2 bridgehead atoms. The second kappa shape index (κ2) is 5.07. The van der Waals surface area contributed by atoms with Crippen molar-refractivity contribution >= 4 is 0 Å². The zero-order valence-electron chi connectivity index (χ0n) is 14.4. The number of hydrogen-bond donors (Lipinski definition) is 1. The molecule has 1 saturated carbocycles. The molecule has 1 N–H and O–H groups in total. The highest BCUT2D eigenvalue weighted by Crippen LogP contribution is 2.58. The van der Waals surface area contributed by atoms with E-state index in [1.807, 2.05) is 0 Å². The monoisotopic (exact) mass is 298 g/mol. The number of fused-ring (bicyclic) bond motifs is 1. The Kier molecular flexibility index (Phi) is 3.39. The second-order valence-electron chi connectivity index (χ2n) is 8.15. The summed E-state index contributed by atoms with van der Waals surface area (Å²) in [4.78, 5) is 2.68. The Hall–Kier alpha value is -0.860. The standard InChI is InChI=1S/C20H30N2/c1-19-10-8-15-6-4-5-7-17(15)20(12-13-22(19)3)11-9-16(21-2)14-18(19)20/h4-7,16,18,21H,8-14H2,1-3H3. The number of piperidine rings is 1. The van der Waals surface area contributed by atoms with Gasteiger partial charge in [0.25, 0.3) is 0 Å². The topological polar surface area (TPSA) is 15.3 Å². The summed E-state index contributed by atoms with van der Waals surface area (Å²) in [7, 11) is 4.51. The van der Waals surface area contributed by atoms with Crippen LogP contribution < -0.4 is 5.32 Å². The fourth-order valence-corrected chi connectivity index (χ4v) is 5.97. The Morgan fingerprint density at radius 2 is 2.00 bits per heavy atom. The van der Waals surface area contributed by atoms with Gasteiger partial charge in [0.1, 0.15) is 0 Å². The van der Waals surface area contributed by atoms with Crippen LogP contribution in [0.3, 0.4) is 0 Å². The molecular formula is C20H30N2. The van der Waals surface area contributed by atoms with Crippen molar-refractivity contribution in [2.24, 2.45) is 5.92 Å². The van der Waals surface area contributed by atoms with Crippen LogP contribution in [0.1, 0.15) is 50.2 Å². The molecule has 2 fully saturated rings. The van der Waals surface area contributed by atoms with Gasteiger partial charge in [0.15, 0.2) is 0 Å². The van der Waals surface area contributed by atoms with Crippen molar-refractivity contribution in [3.63, 3.8) is 0 Å². The minimum atomic E-state index is 0.354. The number of rotatable bonds is 1. The highest BCUT2D eigenvalue weighted by Gasteiger charge is 2.57. The third kappa shape index (κ3) is 1.86. The maximum atomic E-state index is 3.58. The highest BCUT2D eigenvalue weighted by molar-refractivity contribution is 5.40. The molecular weight excluding hydrogens is 268 g/mol. The number of benzene rings is 1. The van der Waals surface area contributed by atoms with Gasteiger partial charge in [0.2, 0.25) is 0 Å². The van der Waals surface area contributed by atoms with E-state index in [4.69, 9.17) is 0 Å². The summed E-state index contributed by atoms with van der Waals surface area (Å²) in [6.07, 6.45) is 7.94. The van der Waals surface area contributed by atoms with Gasteiger partial charge >= 0.3 is 0 Å². The fraction of sp³-hybridized carbons (Fsp3) is 0.700. The maximum absolute atomic E-state index is 3.58. The summed E-state index contributed by atoms with van der Waals surface area (Å²) < 4.78 is 0. The molecule has 2 heteroatoms. The summed E-state index contributed by atoms with van der Waals surface area (Å²) in [6, 6.07) is 10.1. The fourth-order valence-electron chi connectivity index (χ4n) is 5.97. The van der Waals surface area contributed by atoms with Crippen LogP contribution in [0.25, 0.3) is 0 Å². The van der Waals surface area contributed by atoms with E-state index in [9.17, 15) is 0 Å². The van der Waals surface area contributed by atoms with E-state index in [0.29, 0.717) is 17.0 Å². The molecule has 0 amide bonds. The summed E-state index contributed by atoms with van der Waals surface area (Å²) in [5, 5.41) is 3.58. The molecule has 1 aromatic carbocycles. The summed E-state index contributed by atoms with van der Waals surface area (Å²) in [6.45, 7) is 3.81. The Morgan fingerprint density at radius 1 is 1.18 bits per heavy atom. The van der Waals surface area contributed by atoms with Crippen molar-refractivity contribution in [2.45, 2.75) is 62.4 Å². The van der Waals surface area contributed by atoms with Gasteiger partial charge in [-0.25, -0.2) is 0 Å². The van der Waals surface area contributed by atoms with E-state index in [1.165, 1.54) is 45.1 Å². The van der Waals surface area contributed by atoms with Crippen LogP contribution in [0.4, 0.5) is 0 Å². The van der Waals surface area contributed by atoms with E-state index in [2.05, 4.69) is 55.5 Å². The van der Waals surface area contributed by atoms with Gasteiger partial charge in [-0.15, -0.1) is 0 Å². The number of aryl methyl sites for hydroxylation is 1. The largest absolute Gasteiger partial charge is 0.317 e. The summed E-state index contributed by atoms with van der Waals surface area (Å²) in [5.41, 5.74) is 4.12. The van der Waals surface area contributed by atoms with Crippen molar-refractivity contribution in [1.82, 2.24) is 10.2 Å². The Balaban J connectivity index is 1.88. The van der Waals surface area contributed by atoms with Gasteiger partial charge in [-0.3, -0.25) is 0 Å². The summed E-state index contributed by atoms with van der Waals surface area (Å²) >= 11 is 0. The molecule has 1 saturated heterocycles. The second-order valence-corrected chi connectivity index (χ2v) is 8.15. The minimum absolute atomic E-state index is 0.354. The van der Waals surface area contributed by atoms with Gasteiger partial charge in [0, 0.05) is 17.0 Å². The van der Waals surface area contributed by atoms with Gasteiger partial charge in [-0.05, 0) is 83.1 Å². The molecule has 1 aliphatic heterocycles. The van der Waals surface area contributed by atoms with Crippen LogP contribution in [0, 0.1) is 5.92 Å². The molecule has 0 spiro atoms. The molecule has 4 unspecified atom stereocenters. The predicted molar refractivity (Wildman–Crippen MR) is 92.3 cm³/mol. The quantitative estimate of drug-likeness (QED) is 0.855. The SMILES string of the molecule is CNC1CCC23CCN(C)C(C)(CCc4ccccc42)C3C1. The zero-order valence-corrected chi connectivity index (χ0v) is 14.4. The average molecular weight is 298 g/mol. The van der Waals surface area contributed by atoms with E-state index in [-0.39, 0.29) is 0 Å². The molecule has 1 heterocycles. The zero-order chi connectivity index (χ0) is 15.4. The third-order valence-electron chi connectivity index (χ3n) is 7.50. The van der Waals surface area contributed by atoms with Crippen LogP contribution in [0.2, 0.25) is 0 Å². The van der Waals surface area contributed by atoms with Crippen molar-refractivity contribution < 1.29 is 0 Å². The average Bonchev–Trinajstić information content (AvgIpc) is 2.64. The van der Waals surface area contributed by atoms with Crippen LogP contribution >= 0.6 is 0 Å². The lowest BCUT2D eigenvalue weighted by atomic mass is 9.52. The van der Waals surface area contributed by atoms with Gasteiger partial charge in [0.05, 0.1) is 0 Å². The lowest BCUT2D eigenvalue weighted by Crippen LogP contribution is -2.64. The number of likely N-dealkylation sites (tertiary alicyclic amines) is 1. The first kappa shape index (κ1) is 14.7. The van der Waals surface area contributed by atoms with Crippen LogP contribution in [-0.4, -0.2) is 37.1 Å². The summed E-state index contributed by atoms with van der Waals surface area (Å²) in [5.74, 6) is 0.786. The number of nitrogens with zero attached hydrogens (tertiary/aromatic N) is 1. The van der Waals surface area contributed by atoms with E-state index < -0.39 is 0 Å². The predicted octanol–water partition coefficient (Wildman–Crippen LogP) is 3.35. The van der Waals surface area contributed by atoms with Crippen LogP contribution in [-0.2, 0) is 11.8 Å². The smallest absolute Gasteiger partial charge is 0.0218 e.